The molecule has 2 N–H and O–H groups in total. The van der Waals surface area contributed by atoms with Crippen molar-refractivity contribution in [1.82, 2.24) is 10.0 Å². The summed E-state index contributed by atoms with van der Waals surface area (Å²) in [6.07, 6.45) is 0.948. The van der Waals surface area contributed by atoms with Gasteiger partial charge < -0.3 is 19.9 Å². The molecule has 2 aromatic carbocycles. The van der Waals surface area contributed by atoms with Gasteiger partial charge in [0, 0.05) is 37.3 Å². The van der Waals surface area contributed by atoms with Crippen molar-refractivity contribution in [1.29, 1.82) is 5.26 Å². The van der Waals surface area contributed by atoms with Crippen molar-refractivity contribution in [2.24, 2.45) is 5.73 Å². The first-order valence-electron chi connectivity index (χ1n) is 11.3. The fourth-order valence-corrected chi connectivity index (χ4v) is 5.19. The molecule has 0 fully saturated rings. The highest BCUT2D eigenvalue weighted by Gasteiger charge is 2.44. The van der Waals surface area contributed by atoms with Gasteiger partial charge >= 0.3 is 0 Å². The van der Waals surface area contributed by atoms with Crippen LogP contribution >= 0.6 is 0 Å². The van der Waals surface area contributed by atoms with Crippen LogP contribution in [0.1, 0.15) is 35.8 Å². The summed E-state index contributed by atoms with van der Waals surface area (Å²) in [7, 11) is 8.29. The number of hydrogen-bond acceptors (Lipinski definition) is 8. The third kappa shape index (κ3) is 3.98. The summed E-state index contributed by atoms with van der Waals surface area (Å²) in [5, 5.41) is 13.8. The minimum atomic E-state index is -0.690. The molecule has 35 heavy (non-hydrogen) atoms. The number of carbonyl (C=O) groups excluding carboxylic acids is 1. The van der Waals surface area contributed by atoms with E-state index in [0.717, 1.165) is 11.3 Å². The first kappa shape index (κ1) is 24.2. The van der Waals surface area contributed by atoms with Crippen molar-refractivity contribution >= 4 is 5.78 Å². The minimum Gasteiger partial charge on any atom is -0.493 e. The van der Waals surface area contributed by atoms with Crippen LogP contribution in [0.15, 0.2) is 65.1 Å². The second kappa shape index (κ2) is 9.72. The van der Waals surface area contributed by atoms with Crippen LogP contribution in [0.3, 0.4) is 0 Å². The van der Waals surface area contributed by atoms with Gasteiger partial charge in [0.15, 0.2) is 17.3 Å². The SMILES string of the molecule is COc1ccc([C@@H]2C(C#N)=C(N)N(N(C)C)C3=C2C(=O)C[C@@H](c2ccccc2)C3)c(OC)c1OC. The van der Waals surface area contributed by atoms with Gasteiger partial charge in [-0.3, -0.25) is 9.80 Å². The Hall–Kier alpha value is -3.96. The smallest absolute Gasteiger partial charge is 0.203 e. The lowest BCUT2D eigenvalue weighted by Gasteiger charge is -2.44. The molecule has 0 saturated heterocycles. The summed E-state index contributed by atoms with van der Waals surface area (Å²) in [6, 6.07) is 15.8. The maximum atomic E-state index is 13.8. The molecule has 4 rings (SSSR count). The fraction of sp³-hybridized carbons (Fsp3) is 0.333. The third-order valence-electron chi connectivity index (χ3n) is 6.66. The lowest BCUT2D eigenvalue weighted by Crippen LogP contribution is -2.46. The number of allylic oxidation sites excluding steroid dienone is 3. The molecule has 1 heterocycles. The predicted octanol–water partition coefficient (Wildman–Crippen LogP) is 3.68. The molecular formula is C27H30N4O4. The second-order valence-corrected chi connectivity index (χ2v) is 8.73. The van der Waals surface area contributed by atoms with Gasteiger partial charge in [-0.1, -0.05) is 36.4 Å². The first-order chi connectivity index (χ1) is 16.9. The molecule has 1 aliphatic heterocycles. The maximum absolute atomic E-state index is 13.8. The monoisotopic (exact) mass is 474 g/mol. The average Bonchev–Trinajstić information content (AvgIpc) is 2.86. The number of carbonyl (C=O) groups is 1. The Labute approximate surface area is 205 Å². The number of ketones is 1. The summed E-state index contributed by atoms with van der Waals surface area (Å²) >= 11 is 0. The standard InChI is InChI=1S/C27H30N4O4/c1-30(2)31-20-13-17(16-9-7-6-8-10-16)14-21(32)24(20)23(19(15-28)27(31)29)18-11-12-22(33-3)26(35-5)25(18)34-4/h6-12,17,23H,13-14,29H2,1-5H3/t17-,23+/m0/s1. The second-order valence-electron chi connectivity index (χ2n) is 8.73. The highest BCUT2D eigenvalue weighted by molar-refractivity contribution is 6.00. The van der Waals surface area contributed by atoms with E-state index in [-0.39, 0.29) is 17.3 Å². The van der Waals surface area contributed by atoms with Crippen LogP contribution in [0.25, 0.3) is 0 Å². The number of hydrazine groups is 1. The summed E-state index contributed by atoms with van der Waals surface area (Å²) in [4.78, 5) is 13.8. The quantitative estimate of drug-likeness (QED) is 0.677. The molecule has 182 valence electrons. The van der Waals surface area contributed by atoms with E-state index < -0.39 is 5.92 Å². The van der Waals surface area contributed by atoms with E-state index in [4.69, 9.17) is 19.9 Å². The van der Waals surface area contributed by atoms with Gasteiger partial charge in [-0.05, 0) is 24.0 Å². The Morgan fingerprint density at radius 1 is 1.00 bits per heavy atom. The van der Waals surface area contributed by atoms with Crippen molar-refractivity contribution in [3.05, 3.63) is 76.3 Å². The number of hydrogen-bond donors (Lipinski definition) is 1. The van der Waals surface area contributed by atoms with Gasteiger partial charge in [-0.15, -0.1) is 0 Å². The molecule has 0 amide bonds. The number of rotatable bonds is 6. The third-order valence-corrected chi connectivity index (χ3v) is 6.66. The van der Waals surface area contributed by atoms with Gasteiger partial charge in [0.05, 0.1) is 38.9 Å². The molecule has 2 aliphatic rings. The normalized spacial score (nSPS) is 20.0. The topological polar surface area (TPSA) is 101 Å². The van der Waals surface area contributed by atoms with Crippen LogP contribution in [0.4, 0.5) is 0 Å². The molecule has 2 atom stereocenters. The van der Waals surface area contributed by atoms with Crippen LogP contribution in [0, 0.1) is 11.3 Å². The van der Waals surface area contributed by atoms with E-state index in [1.807, 2.05) is 55.5 Å². The van der Waals surface area contributed by atoms with Crippen molar-refractivity contribution in [2.75, 3.05) is 35.4 Å². The summed E-state index contributed by atoms with van der Waals surface area (Å²) in [6.45, 7) is 0. The van der Waals surface area contributed by atoms with E-state index in [1.54, 1.807) is 18.2 Å². The molecule has 2 aromatic rings. The van der Waals surface area contributed by atoms with Gasteiger partial charge in [0.2, 0.25) is 5.75 Å². The number of ether oxygens (including phenoxy) is 3. The molecule has 8 heteroatoms. The summed E-state index contributed by atoms with van der Waals surface area (Å²) in [5.74, 6) is 0.877. The van der Waals surface area contributed by atoms with Gasteiger partial charge in [0.25, 0.3) is 0 Å². The van der Waals surface area contributed by atoms with Gasteiger partial charge in [-0.2, -0.15) is 5.26 Å². The predicted molar refractivity (Wildman–Crippen MR) is 132 cm³/mol. The van der Waals surface area contributed by atoms with Crippen molar-refractivity contribution in [3.63, 3.8) is 0 Å². The van der Waals surface area contributed by atoms with Gasteiger partial charge in [0.1, 0.15) is 5.82 Å². The Kier molecular flexibility index (Phi) is 6.72. The minimum absolute atomic E-state index is 0.00860. The van der Waals surface area contributed by atoms with Crippen LogP contribution in [0.2, 0.25) is 0 Å². The van der Waals surface area contributed by atoms with Crippen molar-refractivity contribution in [2.45, 2.75) is 24.7 Å². The number of nitrogens with zero attached hydrogens (tertiary/aromatic N) is 3. The Bertz CT molecular complexity index is 1240. The molecule has 0 saturated carbocycles. The maximum Gasteiger partial charge on any atom is 0.203 e. The van der Waals surface area contributed by atoms with Crippen LogP contribution in [-0.2, 0) is 4.79 Å². The lowest BCUT2D eigenvalue weighted by molar-refractivity contribution is -0.117. The number of benzene rings is 2. The molecule has 8 nitrogen and oxygen atoms in total. The molecule has 0 radical (unpaired) electrons. The molecule has 0 spiro atoms. The van der Waals surface area contributed by atoms with Crippen molar-refractivity contribution in [3.8, 4) is 23.3 Å². The Balaban J connectivity index is 1.97. The van der Waals surface area contributed by atoms with Gasteiger partial charge in [-0.25, -0.2) is 5.01 Å². The highest BCUT2D eigenvalue weighted by atomic mass is 16.5. The number of methoxy groups -OCH3 is 3. The number of nitrogens with two attached hydrogens (primary N) is 1. The zero-order chi connectivity index (χ0) is 25.3. The largest absolute Gasteiger partial charge is 0.493 e. The molecule has 0 unspecified atom stereocenters. The Morgan fingerprint density at radius 2 is 1.69 bits per heavy atom. The summed E-state index contributed by atoms with van der Waals surface area (Å²) < 4.78 is 16.8. The average molecular weight is 475 g/mol. The lowest BCUT2D eigenvalue weighted by atomic mass is 9.72. The zero-order valence-corrected chi connectivity index (χ0v) is 20.7. The summed E-state index contributed by atoms with van der Waals surface area (Å²) in [5.41, 5.74) is 9.97. The highest BCUT2D eigenvalue weighted by Crippen LogP contribution is 2.52. The van der Waals surface area contributed by atoms with Crippen molar-refractivity contribution < 1.29 is 19.0 Å². The van der Waals surface area contributed by atoms with E-state index >= 15 is 0 Å². The Morgan fingerprint density at radius 3 is 2.26 bits per heavy atom. The molecule has 1 aliphatic carbocycles. The van der Waals surface area contributed by atoms with Crippen LogP contribution in [0.5, 0.6) is 17.2 Å². The van der Waals surface area contributed by atoms with E-state index in [0.29, 0.717) is 47.0 Å². The zero-order valence-electron chi connectivity index (χ0n) is 20.7. The van der Waals surface area contributed by atoms with E-state index in [2.05, 4.69) is 6.07 Å². The molecule has 0 bridgehead atoms. The molecular weight excluding hydrogens is 444 g/mol. The van der Waals surface area contributed by atoms with Crippen LogP contribution < -0.4 is 19.9 Å². The number of nitriles is 1. The van der Waals surface area contributed by atoms with Crippen LogP contribution in [-0.4, -0.2) is 51.2 Å². The number of Topliss-reactive ketones (excluding diaryl/α,β-unsaturated/α-hetero) is 1. The fourth-order valence-electron chi connectivity index (χ4n) is 5.19. The van der Waals surface area contributed by atoms with E-state index in [1.165, 1.54) is 14.2 Å². The first-order valence-corrected chi connectivity index (χ1v) is 11.3. The van der Waals surface area contributed by atoms with E-state index in [9.17, 15) is 10.1 Å². The molecule has 0 aromatic heterocycles.